The maximum Gasteiger partial charge on any atom is 0.320 e. The lowest BCUT2D eigenvalue weighted by Crippen LogP contribution is -2.37. The second kappa shape index (κ2) is 11.4. The maximum atomic E-state index is 12.5. The van der Waals surface area contributed by atoms with Crippen LogP contribution in [0.25, 0.3) is 0 Å². The Bertz CT molecular complexity index is 985. The van der Waals surface area contributed by atoms with Gasteiger partial charge in [-0.05, 0) is 54.5 Å². The van der Waals surface area contributed by atoms with Crippen molar-refractivity contribution in [1.29, 1.82) is 0 Å². The zero-order chi connectivity index (χ0) is 23.8. The van der Waals surface area contributed by atoms with Gasteiger partial charge < -0.3 is 26.6 Å². The third kappa shape index (κ3) is 6.77. The van der Waals surface area contributed by atoms with Gasteiger partial charge in [-0.25, -0.2) is 4.99 Å². The number of hydrogen-bond acceptors (Lipinski definition) is 6. The van der Waals surface area contributed by atoms with Crippen LogP contribution in [0.15, 0.2) is 53.5 Å². The molecule has 1 atom stereocenters. The zero-order valence-corrected chi connectivity index (χ0v) is 18.5. The van der Waals surface area contributed by atoms with Gasteiger partial charge in [-0.1, -0.05) is 30.3 Å². The van der Waals surface area contributed by atoms with Crippen molar-refractivity contribution in [3.8, 4) is 0 Å². The molecule has 3 rings (SSSR count). The predicted molar refractivity (Wildman–Crippen MR) is 127 cm³/mol. The summed E-state index contributed by atoms with van der Waals surface area (Å²) < 4.78 is 0. The highest BCUT2D eigenvalue weighted by Crippen LogP contribution is 2.26. The van der Waals surface area contributed by atoms with Gasteiger partial charge in [0.2, 0.25) is 0 Å². The van der Waals surface area contributed by atoms with E-state index in [1.165, 1.54) is 0 Å². The molecule has 0 aromatic heterocycles. The third-order valence-electron chi connectivity index (χ3n) is 5.86. The number of aliphatic hydroxyl groups excluding tert-OH is 1. The monoisotopic (exact) mass is 453 g/mol. The fourth-order valence-electron chi connectivity index (χ4n) is 3.84. The first-order valence-corrected chi connectivity index (χ1v) is 11.0. The number of rotatable bonds is 8. The molecule has 1 fully saturated rings. The molecule has 1 heterocycles. The van der Waals surface area contributed by atoms with E-state index in [1.807, 2.05) is 18.2 Å². The number of guanidine groups is 1. The number of amides is 1. The van der Waals surface area contributed by atoms with Crippen LogP contribution in [0.3, 0.4) is 0 Å². The second-order valence-corrected chi connectivity index (χ2v) is 8.24. The molecule has 0 saturated carbocycles. The topological polar surface area (TPSA) is 154 Å². The number of nitrogens with zero attached hydrogens (tertiary/aromatic N) is 2. The minimum atomic E-state index is -1.07. The Labute approximate surface area is 193 Å². The summed E-state index contributed by atoms with van der Waals surface area (Å²) in [6, 6.07) is 13.5. The van der Waals surface area contributed by atoms with E-state index in [1.54, 1.807) is 24.3 Å². The number of carboxylic acid groups (broad SMARTS) is 1. The highest BCUT2D eigenvalue weighted by Gasteiger charge is 2.20. The molecular formula is C24H31N5O4. The molecule has 33 heavy (non-hydrogen) atoms. The van der Waals surface area contributed by atoms with Crippen LogP contribution >= 0.6 is 0 Å². The minimum absolute atomic E-state index is 0.0192. The number of benzene rings is 2. The Balaban J connectivity index is 1.58. The molecule has 1 aliphatic rings. The number of aliphatic hydroxyl groups is 1. The molecule has 0 aliphatic carbocycles. The van der Waals surface area contributed by atoms with E-state index < -0.39 is 17.9 Å². The number of para-hydroxylation sites is 1. The van der Waals surface area contributed by atoms with Gasteiger partial charge in [0.25, 0.3) is 5.91 Å². The van der Waals surface area contributed by atoms with Gasteiger partial charge in [0, 0.05) is 30.9 Å². The van der Waals surface area contributed by atoms with Crippen molar-refractivity contribution >= 4 is 23.5 Å². The van der Waals surface area contributed by atoms with Crippen LogP contribution in [0.1, 0.15) is 34.3 Å². The van der Waals surface area contributed by atoms with Gasteiger partial charge in [-0.15, -0.1) is 0 Å². The molecule has 2 aromatic carbocycles. The summed E-state index contributed by atoms with van der Waals surface area (Å²) in [6.45, 7) is 2.32. The molecule has 2 aromatic rings. The first-order valence-electron chi connectivity index (χ1n) is 11.0. The summed E-state index contributed by atoms with van der Waals surface area (Å²) in [6.07, 6.45) is 2.08. The largest absolute Gasteiger partial charge is 0.480 e. The third-order valence-corrected chi connectivity index (χ3v) is 5.86. The van der Waals surface area contributed by atoms with E-state index >= 15 is 0 Å². The number of carboxylic acids is 1. The summed E-state index contributed by atoms with van der Waals surface area (Å²) in [5.41, 5.74) is 14.7. The fourth-order valence-corrected chi connectivity index (χ4v) is 3.84. The van der Waals surface area contributed by atoms with Gasteiger partial charge in [0.15, 0.2) is 5.96 Å². The minimum Gasteiger partial charge on any atom is -0.480 e. The standard InChI is InChI=1S/C24H31N5O4/c25-20(23(32)33)13-16-5-7-18(8-6-16)22(31)28-24(26)27-14-19-3-1-2-4-21(19)29-11-9-17(15-30)10-12-29/h1-8,17,20,30H,9-15,25H2,(H,32,33)(H3,26,27,28,31). The van der Waals surface area contributed by atoms with Crippen molar-refractivity contribution in [3.05, 3.63) is 65.2 Å². The molecular weight excluding hydrogens is 422 g/mol. The molecule has 0 bridgehead atoms. The molecule has 1 amide bonds. The summed E-state index contributed by atoms with van der Waals surface area (Å²) in [5.74, 6) is -1.09. The van der Waals surface area contributed by atoms with Crippen LogP contribution in [-0.4, -0.2) is 53.8 Å². The van der Waals surface area contributed by atoms with Crippen LogP contribution in [0.5, 0.6) is 0 Å². The normalized spacial score (nSPS) is 15.8. The van der Waals surface area contributed by atoms with Crippen molar-refractivity contribution in [3.63, 3.8) is 0 Å². The van der Waals surface area contributed by atoms with Crippen LogP contribution < -0.4 is 21.7 Å². The first-order chi connectivity index (χ1) is 15.9. The SMILES string of the molecule is NC(=NCc1ccccc1N1CCC(CO)CC1)NC(=O)c1ccc(CC(N)C(=O)O)cc1. The predicted octanol–water partition coefficient (Wildman–Crippen LogP) is 1.09. The van der Waals surface area contributed by atoms with Gasteiger partial charge >= 0.3 is 5.97 Å². The number of aliphatic imine (C=N–C) groups is 1. The number of nitrogens with two attached hydrogens (primary N) is 2. The average molecular weight is 454 g/mol. The van der Waals surface area contributed by atoms with Crippen molar-refractivity contribution in [1.82, 2.24) is 5.32 Å². The molecule has 1 aliphatic heterocycles. The number of anilines is 1. The van der Waals surface area contributed by atoms with Gasteiger partial charge in [-0.3, -0.25) is 14.9 Å². The van der Waals surface area contributed by atoms with E-state index in [4.69, 9.17) is 16.6 Å². The quantitative estimate of drug-likeness (QED) is 0.296. The van der Waals surface area contributed by atoms with Gasteiger partial charge in [0.1, 0.15) is 6.04 Å². The highest BCUT2D eigenvalue weighted by atomic mass is 16.4. The molecule has 176 valence electrons. The van der Waals surface area contributed by atoms with Gasteiger partial charge in [-0.2, -0.15) is 0 Å². The van der Waals surface area contributed by atoms with E-state index in [0.29, 0.717) is 18.0 Å². The number of piperidine rings is 1. The molecule has 7 N–H and O–H groups in total. The van der Waals surface area contributed by atoms with Crippen molar-refractivity contribution in [2.45, 2.75) is 31.8 Å². The van der Waals surface area contributed by atoms with E-state index in [2.05, 4.69) is 21.3 Å². The summed E-state index contributed by atoms with van der Waals surface area (Å²) in [5, 5.41) is 20.8. The lowest BCUT2D eigenvalue weighted by atomic mass is 9.97. The average Bonchev–Trinajstić information content (AvgIpc) is 2.83. The molecule has 9 nitrogen and oxygen atoms in total. The molecule has 1 saturated heterocycles. The molecule has 0 radical (unpaired) electrons. The molecule has 0 spiro atoms. The Kier molecular flexibility index (Phi) is 8.39. The fraction of sp³-hybridized carbons (Fsp3) is 0.375. The first kappa shape index (κ1) is 24.2. The Morgan fingerprint density at radius 2 is 1.79 bits per heavy atom. The van der Waals surface area contributed by atoms with Crippen LogP contribution in [-0.2, 0) is 17.8 Å². The van der Waals surface area contributed by atoms with Crippen molar-refractivity contribution in [2.24, 2.45) is 22.4 Å². The second-order valence-electron chi connectivity index (χ2n) is 8.24. The summed E-state index contributed by atoms with van der Waals surface area (Å²) in [7, 11) is 0. The van der Waals surface area contributed by atoms with Crippen LogP contribution in [0, 0.1) is 5.92 Å². The number of carbonyl (C=O) groups excluding carboxylic acids is 1. The Hall–Kier alpha value is -3.43. The molecule has 1 unspecified atom stereocenters. The lowest BCUT2D eigenvalue weighted by Gasteiger charge is -2.34. The van der Waals surface area contributed by atoms with Crippen molar-refractivity contribution in [2.75, 3.05) is 24.6 Å². The summed E-state index contributed by atoms with van der Waals surface area (Å²) in [4.78, 5) is 30.0. The maximum absolute atomic E-state index is 12.5. The Morgan fingerprint density at radius 3 is 2.42 bits per heavy atom. The van der Waals surface area contributed by atoms with Crippen LogP contribution in [0.4, 0.5) is 5.69 Å². The summed E-state index contributed by atoms with van der Waals surface area (Å²) >= 11 is 0. The number of aliphatic carboxylic acids is 1. The van der Waals surface area contributed by atoms with E-state index in [9.17, 15) is 14.7 Å². The number of carbonyl (C=O) groups is 2. The zero-order valence-electron chi connectivity index (χ0n) is 18.5. The van der Waals surface area contributed by atoms with E-state index in [-0.39, 0.29) is 19.0 Å². The number of hydrogen-bond donors (Lipinski definition) is 5. The van der Waals surface area contributed by atoms with Crippen molar-refractivity contribution < 1.29 is 19.8 Å². The Morgan fingerprint density at radius 1 is 1.12 bits per heavy atom. The molecule has 9 heteroatoms. The van der Waals surface area contributed by atoms with Crippen LogP contribution in [0.2, 0.25) is 0 Å². The smallest absolute Gasteiger partial charge is 0.320 e. The highest BCUT2D eigenvalue weighted by molar-refractivity contribution is 6.05. The van der Waals surface area contributed by atoms with Gasteiger partial charge in [0.05, 0.1) is 6.54 Å². The lowest BCUT2D eigenvalue weighted by molar-refractivity contribution is -0.138. The van der Waals surface area contributed by atoms with E-state index in [0.717, 1.165) is 42.7 Å². The number of nitrogens with one attached hydrogen (secondary N) is 1.